The molecule has 146 valence electrons. The molecule has 1 aliphatic rings. The lowest BCUT2D eigenvalue weighted by molar-refractivity contribution is -0.127. The summed E-state index contributed by atoms with van der Waals surface area (Å²) in [7, 11) is 5.55. The van der Waals surface area contributed by atoms with Crippen molar-refractivity contribution in [1.29, 1.82) is 0 Å². The molecule has 0 unspecified atom stereocenters. The number of methoxy groups -OCH3 is 1. The molecular formula is C21H30N4O2. The third kappa shape index (κ3) is 4.00. The molecule has 0 spiro atoms. The van der Waals surface area contributed by atoms with Gasteiger partial charge in [0, 0.05) is 50.3 Å². The highest BCUT2D eigenvalue weighted by atomic mass is 16.5. The van der Waals surface area contributed by atoms with Crippen LogP contribution in [0.2, 0.25) is 0 Å². The van der Waals surface area contributed by atoms with Gasteiger partial charge in [-0.25, -0.2) is 0 Å². The van der Waals surface area contributed by atoms with Crippen molar-refractivity contribution >= 4 is 5.91 Å². The molecule has 3 atom stereocenters. The molecule has 3 rings (SSSR count). The Morgan fingerprint density at radius 3 is 2.74 bits per heavy atom. The van der Waals surface area contributed by atoms with E-state index in [-0.39, 0.29) is 23.9 Å². The standard InChI is InChI=1S/C21H30N4O2/c1-14(10-16-8-6-7-9-19(16)27-5)22-12-17-11-20(26)24(3)21(17)18-13-23-25(4)15(18)2/h6-9,13-14,17,21-22H,10-12H2,1-5H3/t14-,17-,21+/m0/s1. The molecule has 6 nitrogen and oxygen atoms in total. The predicted molar refractivity (Wildman–Crippen MR) is 106 cm³/mol. The molecule has 2 aromatic rings. The SMILES string of the molecule is COc1ccccc1C[C@H](C)NC[C@@H]1CC(=O)N(C)[C@H]1c1cnn(C)c1C. The monoisotopic (exact) mass is 370 g/mol. The molecule has 27 heavy (non-hydrogen) atoms. The van der Waals surface area contributed by atoms with Gasteiger partial charge in [-0.05, 0) is 31.9 Å². The number of rotatable bonds is 7. The minimum Gasteiger partial charge on any atom is -0.496 e. The van der Waals surface area contributed by atoms with Gasteiger partial charge in [0.15, 0.2) is 0 Å². The first-order valence-electron chi connectivity index (χ1n) is 9.51. The molecule has 1 aliphatic heterocycles. The Hall–Kier alpha value is -2.34. The summed E-state index contributed by atoms with van der Waals surface area (Å²) in [4.78, 5) is 14.2. The number of carbonyl (C=O) groups is 1. The molecule has 0 saturated carbocycles. The van der Waals surface area contributed by atoms with Gasteiger partial charge < -0.3 is 15.0 Å². The van der Waals surface area contributed by atoms with Gasteiger partial charge in [-0.3, -0.25) is 9.48 Å². The van der Waals surface area contributed by atoms with Crippen molar-refractivity contribution in [1.82, 2.24) is 20.0 Å². The van der Waals surface area contributed by atoms with Gasteiger partial charge in [0.1, 0.15) is 5.75 Å². The Morgan fingerprint density at radius 2 is 2.07 bits per heavy atom. The van der Waals surface area contributed by atoms with Gasteiger partial charge in [0.05, 0.1) is 19.3 Å². The van der Waals surface area contributed by atoms with E-state index in [9.17, 15) is 4.79 Å². The first-order valence-corrected chi connectivity index (χ1v) is 9.51. The third-order valence-corrected chi connectivity index (χ3v) is 5.73. The van der Waals surface area contributed by atoms with E-state index in [1.165, 1.54) is 5.56 Å². The maximum absolute atomic E-state index is 12.4. The zero-order valence-electron chi connectivity index (χ0n) is 16.9. The fourth-order valence-corrected chi connectivity index (χ4v) is 4.03. The molecule has 0 aliphatic carbocycles. The number of aromatic nitrogens is 2. The second-order valence-corrected chi connectivity index (χ2v) is 7.55. The number of hydrogen-bond donors (Lipinski definition) is 1. The summed E-state index contributed by atoms with van der Waals surface area (Å²) in [6.07, 6.45) is 3.36. The van der Waals surface area contributed by atoms with E-state index in [1.807, 2.05) is 48.1 Å². The number of para-hydroxylation sites is 1. The second kappa shape index (κ2) is 8.13. The fraction of sp³-hybridized carbons (Fsp3) is 0.524. The van der Waals surface area contributed by atoms with E-state index in [2.05, 4.69) is 30.3 Å². The van der Waals surface area contributed by atoms with Crippen LogP contribution in [0.15, 0.2) is 30.5 Å². The first kappa shape index (κ1) is 19.4. The van der Waals surface area contributed by atoms with E-state index in [0.29, 0.717) is 6.42 Å². The minimum absolute atomic E-state index is 0.0807. The van der Waals surface area contributed by atoms with Crippen molar-refractivity contribution < 1.29 is 9.53 Å². The maximum atomic E-state index is 12.4. The summed E-state index contributed by atoms with van der Waals surface area (Å²) in [5.74, 6) is 1.36. The van der Waals surface area contributed by atoms with Crippen molar-refractivity contribution in [3.05, 3.63) is 47.3 Å². The van der Waals surface area contributed by atoms with Crippen molar-refractivity contribution in [2.24, 2.45) is 13.0 Å². The van der Waals surface area contributed by atoms with Crippen LogP contribution in [0, 0.1) is 12.8 Å². The number of aryl methyl sites for hydroxylation is 1. The van der Waals surface area contributed by atoms with Crippen LogP contribution in [-0.4, -0.2) is 47.3 Å². The lowest BCUT2D eigenvalue weighted by Gasteiger charge is -2.26. The molecule has 1 aromatic heterocycles. The number of amides is 1. The lowest BCUT2D eigenvalue weighted by atomic mass is 9.93. The van der Waals surface area contributed by atoms with Crippen molar-refractivity contribution in [3.8, 4) is 5.75 Å². The Bertz CT molecular complexity index is 801. The maximum Gasteiger partial charge on any atom is 0.223 e. The summed E-state index contributed by atoms with van der Waals surface area (Å²) >= 11 is 0. The van der Waals surface area contributed by atoms with Crippen LogP contribution in [-0.2, 0) is 18.3 Å². The van der Waals surface area contributed by atoms with Gasteiger partial charge >= 0.3 is 0 Å². The quantitative estimate of drug-likeness (QED) is 0.813. The average molecular weight is 370 g/mol. The molecule has 1 amide bonds. The molecule has 6 heteroatoms. The van der Waals surface area contributed by atoms with Gasteiger partial charge in [0.25, 0.3) is 0 Å². The van der Waals surface area contributed by atoms with E-state index in [4.69, 9.17) is 4.74 Å². The van der Waals surface area contributed by atoms with Gasteiger partial charge in [-0.15, -0.1) is 0 Å². The number of nitrogens with one attached hydrogen (secondary N) is 1. The number of carbonyl (C=O) groups excluding carboxylic acids is 1. The molecule has 0 radical (unpaired) electrons. The van der Waals surface area contributed by atoms with Crippen LogP contribution in [0.5, 0.6) is 5.75 Å². The Morgan fingerprint density at radius 1 is 1.33 bits per heavy atom. The summed E-state index contributed by atoms with van der Waals surface area (Å²) < 4.78 is 7.33. The first-order chi connectivity index (χ1) is 12.9. The molecular weight excluding hydrogens is 340 g/mol. The van der Waals surface area contributed by atoms with E-state index in [1.54, 1.807) is 7.11 Å². The fourth-order valence-electron chi connectivity index (χ4n) is 4.03. The summed E-state index contributed by atoms with van der Waals surface area (Å²) in [6, 6.07) is 8.49. The van der Waals surface area contributed by atoms with E-state index >= 15 is 0 Å². The lowest BCUT2D eigenvalue weighted by Crippen LogP contribution is -2.35. The zero-order chi connectivity index (χ0) is 19.6. The molecule has 2 heterocycles. The Labute approximate surface area is 161 Å². The van der Waals surface area contributed by atoms with Crippen molar-refractivity contribution in [2.75, 3.05) is 20.7 Å². The number of benzene rings is 1. The summed E-state index contributed by atoms with van der Waals surface area (Å²) in [5.41, 5.74) is 3.46. The average Bonchev–Trinajstić information content (AvgIpc) is 3.13. The summed E-state index contributed by atoms with van der Waals surface area (Å²) in [5, 5.41) is 8.00. The van der Waals surface area contributed by atoms with E-state index < -0.39 is 0 Å². The van der Waals surface area contributed by atoms with Crippen LogP contribution < -0.4 is 10.1 Å². The van der Waals surface area contributed by atoms with Gasteiger partial charge in [0.2, 0.25) is 5.91 Å². The summed E-state index contributed by atoms with van der Waals surface area (Å²) in [6.45, 7) is 5.04. The van der Waals surface area contributed by atoms with Crippen molar-refractivity contribution in [3.63, 3.8) is 0 Å². The highest BCUT2D eigenvalue weighted by Crippen LogP contribution is 2.37. The Kier molecular flexibility index (Phi) is 5.85. The van der Waals surface area contributed by atoms with Crippen molar-refractivity contribution in [2.45, 2.75) is 38.8 Å². The molecule has 0 bridgehead atoms. The Balaban J connectivity index is 1.67. The second-order valence-electron chi connectivity index (χ2n) is 7.55. The normalized spacial score (nSPS) is 20.9. The van der Waals surface area contributed by atoms with Crippen LogP contribution in [0.3, 0.4) is 0 Å². The number of ether oxygens (including phenoxy) is 1. The van der Waals surface area contributed by atoms with E-state index in [0.717, 1.165) is 30.0 Å². The largest absolute Gasteiger partial charge is 0.496 e. The third-order valence-electron chi connectivity index (χ3n) is 5.73. The highest BCUT2D eigenvalue weighted by molar-refractivity contribution is 5.79. The minimum atomic E-state index is 0.0807. The predicted octanol–water partition coefficient (Wildman–Crippen LogP) is 2.48. The number of likely N-dealkylation sites (tertiary alicyclic amines) is 1. The van der Waals surface area contributed by atoms with Crippen LogP contribution in [0.1, 0.15) is 36.2 Å². The molecule has 1 aromatic carbocycles. The van der Waals surface area contributed by atoms with Gasteiger partial charge in [-0.1, -0.05) is 18.2 Å². The van der Waals surface area contributed by atoms with Crippen LogP contribution in [0.25, 0.3) is 0 Å². The number of nitrogens with zero attached hydrogens (tertiary/aromatic N) is 3. The smallest absolute Gasteiger partial charge is 0.223 e. The molecule has 1 saturated heterocycles. The topological polar surface area (TPSA) is 59.4 Å². The zero-order valence-corrected chi connectivity index (χ0v) is 16.9. The number of hydrogen-bond acceptors (Lipinski definition) is 4. The van der Waals surface area contributed by atoms with Crippen LogP contribution >= 0.6 is 0 Å². The van der Waals surface area contributed by atoms with Crippen LogP contribution in [0.4, 0.5) is 0 Å². The van der Waals surface area contributed by atoms with Gasteiger partial charge in [-0.2, -0.15) is 5.10 Å². The molecule has 1 fully saturated rings. The molecule has 1 N–H and O–H groups in total. The highest BCUT2D eigenvalue weighted by Gasteiger charge is 2.39.